The van der Waals surface area contributed by atoms with Gasteiger partial charge in [-0.2, -0.15) is 0 Å². The van der Waals surface area contributed by atoms with Crippen molar-refractivity contribution in [3.8, 4) is 0 Å². The van der Waals surface area contributed by atoms with Crippen LogP contribution in [0.5, 0.6) is 0 Å². The minimum atomic E-state index is -0.960. The van der Waals surface area contributed by atoms with Crippen LogP contribution >= 0.6 is 0 Å². The van der Waals surface area contributed by atoms with Crippen molar-refractivity contribution in [3.05, 3.63) is 18.2 Å². The molecule has 22 heavy (non-hydrogen) atoms. The van der Waals surface area contributed by atoms with E-state index in [0.717, 1.165) is 6.42 Å². The first-order chi connectivity index (χ1) is 10.3. The van der Waals surface area contributed by atoms with E-state index < -0.39 is 5.60 Å². The third-order valence-corrected chi connectivity index (χ3v) is 4.19. The molecule has 0 saturated carbocycles. The van der Waals surface area contributed by atoms with Crippen LogP contribution in [0.1, 0.15) is 45.9 Å². The Morgan fingerprint density at radius 1 is 1.41 bits per heavy atom. The Morgan fingerprint density at radius 2 is 2.05 bits per heavy atom. The maximum absolute atomic E-state index is 12.2. The van der Waals surface area contributed by atoms with Crippen LogP contribution in [-0.2, 0) is 17.4 Å². The summed E-state index contributed by atoms with van der Waals surface area (Å²) in [5.74, 6) is 1.16. The number of piperidine rings is 1. The summed E-state index contributed by atoms with van der Waals surface area (Å²) in [5.41, 5.74) is -0.960. The monoisotopic (exact) mass is 309 g/mol. The Kier molecular flexibility index (Phi) is 5.11. The van der Waals surface area contributed by atoms with E-state index in [-0.39, 0.29) is 12.2 Å². The van der Waals surface area contributed by atoms with Gasteiger partial charge in [-0.3, -0.25) is 0 Å². The van der Waals surface area contributed by atoms with Gasteiger partial charge >= 0.3 is 6.09 Å². The smallest absolute Gasteiger partial charge is 0.410 e. The Balaban J connectivity index is 1.89. The molecule has 1 aliphatic rings. The van der Waals surface area contributed by atoms with Crippen molar-refractivity contribution >= 4 is 6.09 Å². The number of hydrogen-bond acceptors (Lipinski definition) is 4. The molecule has 1 fully saturated rings. The molecule has 0 bridgehead atoms. The minimum Gasteiger partial charge on any atom is -0.446 e. The number of amides is 1. The molecule has 1 aromatic heterocycles. The maximum atomic E-state index is 12.2. The van der Waals surface area contributed by atoms with Gasteiger partial charge in [-0.1, -0.05) is 13.8 Å². The fraction of sp³-hybridized carbons (Fsp3) is 0.750. The number of carbonyl (C=O) groups excluding carboxylic acids is 1. The summed E-state index contributed by atoms with van der Waals surface area (Å²) < 4.78 is 7.30. The van der Waals surface area contributed by atoms with Gasteiger partial charge in [0.25, 0.3) is 0 Å². The number of nitrogens with zero attached hydrogens (tertiary/aromatic N) is 3. The molecule has 0 aromatic carbocycles. The molecule has 1 aliphatic heterocycles. The molecular weight excluding hydrogens is 282 g/mol. The lowest BCUT2D eigenvalue weighted by atomic mass is 9.90. The van der Waals surface area contributed by atoms with Gasteiger partial charge < -0.3 is 19.3 Å². The van der Waals surface area contributed by atoms with Crippen molar-refractivity contribution in [2.45, 2.75) is 51.7 Å². The molecule has 124 valence electrons. The topological polar surface area (TPSA) is 67.6 Å². The SMILES string of the molecule is CC(C)CC(C)OC(=O)N1CCC(O)(c2nccn2C)CC1. The number of carbonyl (C=O) groups is 1. The van der Waals surface area contributed by atoms with E-state index in [2.05, 4.69) is 18.8 Å². The lowest BCUT2D eigenvalue weighted by Crippen LogP contribution is -2.46. The molecule has 0 aliphatic carbocycles. The molecular formula is C16H27N3O3. The van der Waals surface area contributed by atoms with E-state index in [1.807, 2.05) is 24.7 Å². The maximum Gasteiger partial charge on any atom is 0.410 e. The Morgan fingerprint density at radius 3 is 2.55 bits per heavy atom. The van der Waals surface area contributed by atoms with Crippen LogP contribution in [0.25, 0.3) is 0 Å². The predicted octanol–water partition coefficient (Wildman–Crippen LogP) is 2.27. The fourth-order valence-corrected chi connectivity index (χ4v) is 3.06. The van der Waals surface area contributed by atoms with Gasteiger partial charge in [0.2, 0.25) is 0 Å². The number of imidazole rings is 1. The number of likely N-dealkylation sites (tertiary alicyclic amines) is 1. The highest BCUT2D eigenvalue weighted by atomic mass is 16.6. The molecule has 2 rings (SSSR count). The van der Waals surface area contributed by atoms with E-state index in [9.17, 15) is 9.90 Å². The van der Waals surface area contributed by atoms with Crippen LogP contribution in [0, 0.1) is 5.92 Å². The molecule has 2 heterocycles. The normalized spacial score (nSPS) is 19.3. The Hall–Kier alpha value is -1.56. The van der Waals surface area contributed by atoms with Crippen molar-refractivity contribution in [1.82, 2.24) is 14.5 Å². The van der Waals surface area contributed by atoms with Crippen LogP contribution in [0.4, 0.5) is 4.79 Å². The van der Waals surface area contributed by atoms with Gasteiger partial charge in [0, 0.05) is 45.4 Å². The first-order valence-electron chi connectivity index (χ1n) is 7.97. The molecule has 1 atom stereocenters. The number of ether oxygens (including phenoxy) is 1. The summed E-state index contributed by atoms with van der Waals surface area (Å²) in [6.45, 7) is 7.11. The number of rotatable bonds is 4. The average molecular weight is 309 g/mol. The number of hydrogen-bond donors (Lipinski definition) is 1. The second kappa shape index (κ2) is 6.69. The molecule has 6 nitrogen and oxygen atoms in total. The largest absolute Gasteiger partial charge is 0.446 e. The van der Waals surface area contributed by atoms with Crippen molar-refractivity contribution in [3.63, 3.8) is 0 Å². The van der Waals surface area contributed by atoms with E-state index in [0.29, 0.717) is 37.7 Å². The van der Waals surface area contributed by atoms with Crippen LogP contribution in [0.2, 0.25) is 0 Å². The van der Waals surface area contributed by atoms with Crippen LogP contribution < -0.4 is 0 Å². The Labute approximate surface area is 132 Å². The van der Waals surface area contributed by atoms with E-state index in [1.54, 1.807) is 11.1 Å². The number of aryl methyl sites for hydroxylation is 1. The van der Waals surface area contributed by atoms with Gasteiger partial charge in [-0.15, -0.1) is 0 Å². The van der Waals surface area contributed by atoms with E-state index >= 15 is 0 Å². The van der Waals surface area contributed by atoms with Crippen molar-refractivity contribution in [2.24, 2.45) is 13.0 Å². The second-order valence-corrected chi connectivity index (χ2v) is 6.70. The van der Waals surface area contributed by atoms with Gasteiger partial charge in [-0.05, 0) is 19.3 Å². The second-order valence-electron chi connectivity index (χ2n) is 6.70. The zero-order chi connectivity index (χ0) is 16.3. The van der Waals surface area contributed by atoms with Crippen molar-refractivity contribution in [1.29, 1.82) is 0 Å². The Bertz CT molecular complexity index is 504. The first kappa shape index (κ1) is 16.8. The van der Waals surface area contributed by atoms with E-state index in [1.165, 1.54) is 0 Å². The molecule has 1 saturated heterocycles. The van der Waals surface area contributed by atoms with Crippen molar-refractivity contribution < 1.29 is 14.6 Å². The third kappa shape index (κ3) is 3.80. The van der Waals surface area contributed by atoms with Gasteiger partial charge in [0.1, 0.15) is 17.5 Å². The van der Waals surface area contributed by atoms with E-state index in [4.69, 9.17) is 4.74 Å². The standard InChI is InChI=1S/C16H27N3O3/c1-12(2)11-13(3)22-15(20)19-8-5-16(21,6-9-19)14-17-7-10-18(14)4/h7,10,12-13,21H,5-6,8-9,11H2,1-4H3. The third-order valence-electron chi connectivity index (χ3n) is 4.19. The summed E-state index contributed by atoms with van der Waals surface area (Å²) >= 11 is 0. The first-order valence-corrected chi connectivity index (χ1v) is 7.97. The fourth-order valence-electron chi connectivity index (χ4n) is 3.06. The molecule has 1 amide bonds. The highest BCUT2D eigenvalue weighted by Crippen LogP contribution is 2.31. The average Bonchev–Trinajstić information content (AvgIpc) is 2.85. The molecule has 1 unspecified atom stereocenters. The number of aliphatic hydroxyl groups is 1. The number of aromatic nitrogens is 2. The lowest BCUT2D eigenvalue weighted by molar-refractivity contribution is -0.0367. The summed E-state index contributed by atoms with van der Waals surface area (Å²) in [7, 11) is 1.87. The minimum absolute atomic E-state index is 0.0807. The molecule has 0 spiro atoms. The van der Waals surface area contributed by atoms with Crippen LogP contribution in [0.3, 0.4) is 0 Å². The lowest BCUT2D eigenvalue weighted by Gasteiger charge is -2.37. The predicted molar refractivity (Wildman–Crippen MR) is 83.3 cm³/mol. The van der Waals surface area contributed by atoms with Gasteiger partial charge in [-0.25, -0.2) is 9.78 Å². The van der Waals surface area contributed by atoms with Crippen molar-refractivity contribution in [2.75, 3.05) is 13.1 Å². The van der Waals surface area contributed by atoms with Crippen LogP contribution in [-0.4, -0.2) is 44.8 Å². The highest BCUT2D eigenvalue weighted by molar-refractivity contribution is 5.68. The molecule has 0 radical (unpaired) electrons. The summed E-state index contributed by atoms with van der Waals surface area (Å²) in [6.07, 6.45) is 4.95. The molecule has 6 heteroatoms. The summed E-state index contributed by atoms with van der Waals surface area (Å²) in [4.78, 5) is 18.1. The molecule has 1 aromatic rings. The zero-order valence-electron chi connectivity index (χ0n) is 14.0. The quantitative estimate of drug-likeness (QED) is 0.926. The summed E-state index contributed by atoms with van der Waals surface area (Å²) in [6, 6.07) is 0. The molecule has 1 N–H and O–H groups in total. The summed E-state index contributed by atoms with van der Waals surface area (Å²) in [5, 5.41) is 10.8. The van der Waals surface area contributed by atoms with Crippen LogP contribution in [0.15, 0.2) is 12.4 Å². The van der Waals surface area contributed by atoms with Gasteiger partial charge in [0.05, 0.1) is 0 Å². The van der Waals surface area contributed by atoms with Gasteiger partial charge in [0.15, 0.2) is 0 Å². The highest BCUT2D eigenvalue weighted by Gasteiger charge is 2.38. The zero-order valence-corrected chi connectivity index (χ0v) is 14.0.